The molecule has 0 fully saturated rings. The third-order valence-electron chi connectivity index (χ3n) is 4.41. The predicted molar refractivity (Wildman–Crippen MR) is 114 cm³/mol. The number of carbonyl (C=O) groups excluding carboxylic acids is 1. The zero-order valence-corrected chi connectivity index (χ0v) is 17.1. The molecule has 28 heavy (non-hydrogen) atoms. The van der Waals surface area contributed by atoms with E-state index >= 15 is 0 Å². The van der Waals surface area contributed by atoms with Gasteiger partial charge in [0.05, 0.1) is 11.0 Å². The first-order valence-corrected chi connectivity index (χ1v) is 9.77. The molecule has 2 aromatic carbocycles. The number of carbonyl (C=O) groups is 1. The van der Waals surface area contributed by atoms with Crippen LogP contribution in [0.25, 0.3) is 11.0 Å². The Labute approximate surface area is 169 Å². The van der Waals surface area contributed by atoms with Crippen molar-refractivity contribution in [3.05, 3.63) is 69.1 Å². The number of rotatable bonds is 6. The van der Waals surface area contributed by atoms with E-state index in [0.717, 1.165) is 16.8 Å². The molecular formula is C22H24ClN3O2. The van der Waals surface area contributed by atoms with E-state index in [1.165, 1.54) is 0 Å². The van der Waals surface area contributed by atoms with Crippen LogP contribution in [0.5, 0.6) is 0 Å². The summed E-state index contributed by atoms with van der Waals surface area (Å²) in [7, 11) is 0. The Morgan fingerprint density at radius 1 is 1.21 bits per heavy atom. The van der Waals surface area contributed by atoms with Crippen molar-refractivity contribution >= 4 is 34.2 Å². The van der Waals surface area contributed by atoms with Gasteiger partial charge in [0.25, 0.3) is 5.56 Å². The minimum atomic E-state index is -0.146. The summed E-state index contributed by atoms with van der Waals surface area (Å²) in [6.45, 7) is 6.67. The molecule has 0 aliphatic carbocycles. The van der Waals surface area contributed by atoms with Gasteiger partial charge < -0.3 is 9.88 Å². The highest BCUT2D eigenvalue weighted by molar-refractivity contribution is 6.31. The van der Waals surface area contributed by atoms with Crippen LogP contribution in [0.2, 0.25) is 5.02 Å². The van der Waals surface area contributed by atoms with Gasteiger partial charge in [0.1, 0.15) is 5.69 Å². The van der Waals surface area contributed by atoms with Gasteiger partial charge in [-0.2, -0.15) is 0 Å². The topological polar surface area (TPSA) is 64.0 Å². The van der Waals surface area contributed by atoms with Gasteiger partial charge in [0.2, 0.25) is 5.91 Å². The quantitative estimate of drug-likeness (QED) is 0.661. The molecule has 1 heterocycles. The highest BCUT2D eigenvalue weighted by Gasteiger charge is 2.14. The largest absolute Gasteiger partial charge is 0.326 e. The zero-order valence-electron chi connectivity index (χ0n) is 16.3. The summed E-state index contributed by atoms with van der Waals surface area (Å²) in [6.07, 6.45) is 0.459. The number of anilines is 1. The highest BCUT2D eigenvalue weighted by atomic mass is 35.5. The molecule has 0 aliphatic heterocycles. The maximum atomic E-state index is 13.0. The Kier molecular flexibility index (Phi) is 6.15. The van der Waals surface area contributed by atoms with Crippen molar-refractivity contribution in [1.29, 1.82) is 0 Å². The number of aryl methyl sites for hydroxylation is 2. The van der Waals surface area contributed by atoms with E-state index in [2.05, 4.69) is 24.1 Å². The summed E-state index contributed by atoms with van der Waals surface area (Å²) in [5, 5.41) is 3.44. The first kappa shape index (κ1) is 20.1. The fourth-order valence-corrected chi connectivity index (χ4v) is 3.33. The second-order valence-corrected chi connectivity index (χ2v) is 7.86. The van der Waals surface area contributed by atoms with Gasteiger partial charge in [0, 0.05) is 30.1 Å². The number of aromatic nitrogens is 2. The third kappa shape index (κ3) is 4.78. The van der Waals surface area contributed by atoms with Gasteiger partial charge in [0.15, 0.2) is 0 Å². The van der Waals surface area contributed by atoms with Crippen molar-refractivity contribution in [2.75, 3.05) is 5.32 Å². The molecule has 1 aromatic heterocycles. The highest BCUT2D eigenvalue weighted by Crippen LogP contribution is 2.18. The smallest absolute Gasteiger partial charge is 0.272 e. The van der Waals surface area contributed by atoms with Gasteiger partial charge in [-0.3, -0.25) is 9.59 Å². The molecule has 3 aromatic rings. The molecule has 3 rings (SSSR count). The summed E-state index contributed by atoms with van der Waals surface area (Å²) < 4.78 is 1.73. The molecule has 0 atom stereocenters. The predicted octanol–water partition coefficient (Wildman–Crippen LogP) is 4.59. The van der Waals surface area contributed by atoms with Crippen LogP contribution in [0.3, 0.4) is 0 Å². The summed E-state index contributed by atoms with van der Waals surface area (Å²) in [6, 6.07) is 12.9. The Hall–Kier alpha value is -2.66. The third-order valence-corrected chi connectivity index (χ3v) is 4.65. The number of hydrogen-bond acceptors (Lipinski definition) is 3. The van der Waals surface area contributed by atoms with Crippen LogP contribution in [0.4, 0.5) is 5.69 Å². The molecule has 0 unspecified atom stereocenters. The van der Waals surface area contributed by atoms with Crippen LogP contribution < -0.4 is 10.9 Å². The van der Waals surface area contributed by atoms with Crippen molar-refractivity contribution in [3.63, 3.8) is 0 Å². The van der Waals surface area contributed by atoms with E-state index in [4.69, 9.17) is 11.6 Å². The van der Waals surface area contributed by atoms with Crippen molar-refractivity contribution < 1.29 is 4.79 Å². The molecule has 0 saturated carbocycles. The molecule has 6 heteroatoms. The van der Waals surface area contributed by atoms with Gasteiger partial charge in [-0.25, -0.2) is 4.98 Å². The fourth-order valence-electron chi connectivity index (χ4n) is 3.16. The Morgan fingerprint density at radius 2 is 2.00 bits per heavy atom. The van der Waals surface area contributed by atoms with E-state index in [0.29, 0.717) is 28.7 Å². The normalized spacial score (nSPS) is 11.2. The first-order valence-electron chi connectivity index (χ1n) is 9.39. The number of fused-ring (bicyclic) bond motifs is 1. The number of nitrogens with one attached hydrogen (secondary N) is 1. The van der Waals surface area contributed by atoms with Gasteiger partial charge in [-0.1, -0.05) is 37.6 Å². The summed E-state index contributed by atoms with van der Waals surface area (Å²) in [5.41, 5.74) is 3.49. The molecule has 1 N–H and O–H groups in total. The number of nitrogens with zero attached hydrogens (tertiary/aromatic N) is 2. The summed E-state index contributed by atoms with van der Waals surface area (Å²) >= 11 is 6.11. The maximum Gasteiger partial charge on any atom is 0.272 e. The molecule has 146 valence electrons. The van der Waals surface area contributed by atoms with Crippen LogP contribution in [-0.4, -0.2) is 15.5 Å². The van der Waals surface area contributed by atoms with Crippen LogP contribution >= 0.6 is 11.6 Å². The lowest BCUT2D eigenvalue weighted by molar-refractivity contribution is -0.116. The molecule has 1 amide bonds. The molecule has 0 spiro atoms. The van der Waals surface area contributed by atoms with Crippen molar-refractivity contribution in [3.8, 4) is 0 Å². The lowest BCUT2D eigenvalue weighted by Gasteiger charge is -2.14. The van der Waals surface area contributed by atoms with Gasteiger partial charge in [-0.15, -0.1) is 0 Å². The van der Waals surface area contributed by atoms with E-state index in [9.17, 15) is 9.59 Å². The summed E-state index contributed by atoms with van der Waals surface area (Å²) in [4.78, 5) is 29.8. The average molecular weight is 398 g/mol. The number of amides is 1. The number of halogens is 1. The fraction of sp³-hybridized carbons (Fsp3) is 0.318. The minimum absolute atomic E-state index is 0.145. The zero-order chi connectivity index (χ0) is 20.3. The van der Waals surface area contributed by atoms with Crippen LogP contribution in [0.15, 0.2) is 47.3 Å². The second kappa shape index (κ2) is 8.57. The number of hydrogen-bond donors (Lipinski definition) is 1. The molecule has 0 saturated heterocycles. The lowest BCUT2D eigenvalue weighted by atomic mass is 10.1. The standard InChI is InChI=1S/C22H24ClN3O2/c1-14(2)13-26-20-9-7-16(23)12-19(20)25-18(22(26)28)8-10-21(27)24-17-6-4-5-15(3)11-17/h4-7,9,11-12,14H,8,10,13H2,1-3H3,(H,24,27). The lowest BCUT2D eigenvalue weighted by Crippen LogP contribution is -2.28. The van der Waals surface area contributed by atoms with E-state index in [1.807, 2.05) is 37.3 Å². The molecule has 0 radical (unpaired) electrons. The van der Waals surface area contributed by atoms with Crippen molar-refractivity contribution in [1.82, 2.24) is 9.55 Å². The van der Waals surface area contributed by atoms with E-state index in [-0.39, 0.29) is 24.3 Å². The minimum Gasteiger partial charge on any atom is -0.326 e. The maximum absolute atomic E-state index is 13.0. The van der Waals surface area contributed by atoms with Crippen LogP contribution in [0.1, 0.15) is 31.5 Å². The Morgan fingerprint density at radius 3 is 2.71 bits per heavy atom. The van der Waals surface area contributed by atoms with Gasteiger partial charge in [-0.05, 0) is 48.7 Å². The van der Waals surface area contributed by atoms with E-state index in [1.54, 1.807) is 16.7 Å². The molecule has 0 bridgehead atoms. The van der Waals surface area contributed by atoms with Crippen LogP contribution in [0, 0.1) is 12.8 Å². The molecule has 0 aliphatic rings. The Bertz CT molecular complexity index is 1070. The van der Waals surface area contributed by atoms with Gasteiger partial charge >= 0.3 is 0 Å². The molecule has 5 nitrogen and oxygen atoms in total. The van der Waals surface area contributed by atoms with E-state index < -0.39 is 0 Å². The molecular weight excluding hydrogens is 374 g/mol. The van der Waals surface area contributed by atoms with Crippen molar-refractivity contribution in [2.45, 2.75) is 40.2 Å². The first-order chi connectivity index (χ1) is 13.3. The monoisotopic (exact) mass is 397 g/mol. The SMILES string of the molecule is Cc1cccc(NC(=O)CCc2nc3cc(Cl)ccc3n(CC(C)C)c2=O)c1. The average Bonchev–Trinajstić information content (AvgIpc) is 2.62. The van der Waals surface area contributed by atoms with Crippen molar-refractivity contribution in [2.24, 2.45) is 5.92 Å². The second-order valence-electron chi connectivity index (χ2n) is 7.42. The number of benzene rings is 2. The summed E-state index contributed by atoms with van der Waals surface area (Å²) in [5.74, 6) is 0.157. The van der Waals surface area contributed by atoms with Crippen LogP contribution in [-0.2, 0) is 17.8 Å². The Balaban J connectivity index is 1.85.